The minimum atomic E-state index is -0.625. The molecular weight excluding hydrogens is 378 g/mol. The fourth-order valence-corrected chi connectivity index (χ4v) is 3.41. The summed E-state index contributed by atoms with van der Waals surface area (Å²) in [6.07, 6.45) is 1.80. The van der Waals surface area contributed by atoms with E-state index >= 15 is 0 Å². The third kappa shape index (κ3) is 4.05. The molecule has 0 saturated heterocycles. The average molecular weight is 399 g/mol. The molecule has 1 aromatic heterocycles. The van der Waals surface area contributed by atoms with Gasteiger partial charge in [-0.25, -0.2) is 4.68 Å². The van der Waals surface area contributed by atoms with Crippen molar-refractivity contribution in [2.75, 3.05) is 0 Å². The molecule has 3 aromatic carbocycles. The second kappa shape index (κ2) is 8.16. The van der Waals surface area contributed by atoms with Gasteiger partial charge in [0.2, 0.25) is 5.91 Å². The molecule has 0 unspecified atom stereocenters. The molecule has 0 fully saturated rings. The van der Waals surface area contributed by atoms with Crippen molar-refractivity contribution in [1.29, 1.82) is 0 Å². The molecule has 0 saturated carbocycles. The lowest BCUT2D eigenvalue weighted by atomic mass is 10.0. The van der Waals surface area contributed by atoms with Gasteiger partial charge in [0, 0.05) is 0 Å². The van der Waals surface area contributed by atoms with Gasteiger partial charge in [-0.15, -0.1) is 5.10 Å². The smallest absolute Gasteiger partial charge is 0.270 e. The Kier molecular flexibility index (Phi) is 5.26. The van der Waals surface area contributed by atoms with Crippen molar-refractivity contribution in [3.8, 4) is 5.69 Å². The van der Waals surface area contributed by atoms with Gasteiger partial charge in [-0.1, -0.05) is 59.8 Å². The molecule has 1 atom stereocenters. The third-order valence-electron chi connectivity index (χ3n) is 5.01. The molecule has 1 heterocycles. The number of aromatic nitrogens is 3. The lowest BCUT2D eigenvalue weighted by Crippen LogP contribution is -2.28. The highest BCUT2D eigenvalue weighted by Crippen LogP contribution is 2.20. The number of nitrogens with one attached hydrogen (secondary N) is 1. The number of hydrogen-bond acceptors (Lipinski definition) is 4. The van der Waals surface area contributed by atoms with Crippen LogP contribution in [0.3, 0.4) is 0 Å². The molecule has 7 heteroatoms. The predicted molar refractivity (Wildman–Crippen MR) is 114 cm³/mol. The van der Waals surface area contributed by atoms with E-state index in [2.05, 4.69) is 15.6 Å². The van der Waals surface area contributed by atoms with Crippen LogP contribution in [-0.2, 0) is 11.2 Å². The first-order valence-corrected chi connectivity index (χ1v) is 9.60. The van der Waals surface area contributed by atoms with Gasteiger partial charge in [0.05, 0.1) is 24.3 Å². The van der Waals surface area contributed by atoms with Crippen molar-refractivity contribution in [1.82, 2.24) is 20.3 Å². The van der Waals surface area contributed by atoms with Crippen LogP contribution in [0.25, 0.3) is 16.5 Å². The van der Waals surface area contributed by atoms with Gasteiger partial charge < -0.3 is 11.1 Å². The summed E-state index contributed by atoms with van der Waals surface area (Å²) in [5.41, 5.74) is 8.02. The molecule has 3 N–H and O–H groups in total. The van der Waals surface area contributed by atoms with Crippen LogP contribution in [-0.4, -0.2) is 26.8 Å². The van der Waals surface area contributed by atoms with Crippen molar-refractivity contribution < 1.29 is 9.59 Å². The zero-order valence-electron chi connectivity index (χ0n) is 16.4. The van der Waals surface area contributed by atoms with E-state index in [9.17, 15) is 9.59 Å². The molecule has 0 aliphatic carbocycles. The van der Waals surface area contributed by atoms with Crippen molar-refractivity contribution in [3.63, 3.8) is 0 Å². The number of nitrogens with zero attached hydrogens (tertiary/aromatic N) is 3. The molecule has 4 rings (SSSR count). The Morgan fingerprint density at radius 1 is 1.03 bits per heavy atom. The van der Waals surface area contributed by atoms with Crippen LogP contribution in [0.2, 0.25) is 0 Å². The molecule has 150 valence electrons. The van der Waals surface area contributed by atoms with Gasteiger partial charge in [0.1, 0.15) is 0 Å². The van der Waals surface area contributed by atoms with E-state index < -0.39 is 5.91 Å². The Bertz CT molecular complexity index is 1210. The van der Waals surface area contributed by atoms with Crippen molar-refractivity contribution in [3.05, 3.63) is 89.7 Å². The summed E-state index contributed by atoms with van der Waals surface area (Å²) < 4.78 is 1.48. The quantitative estimate of drug-likeness (QED) is 0.520. The number of carbonyl (C=O) groups excluding carboxylic acids is 2. The number of carbonyl (C=O) groups is 2. The van der Waals surface area contributed by atoms with Crippen molar-refractivity contribution >= 4 is 22.6 Å². The Morgan fingerprint density at radius 2 is 1.77 bits per heavy atom. The van der Waals surface area contributed by atoms with E-state index in [0.717, 1.165) is 27.6 Å². The second-order valence-corrected chi connectivity index (χ2v) is 7.11. The highest BCUT2D eigenvalue weighted by Gasteiger charge is 2.13. The van der Waals surface area contributed by atoms with E-state index in [1.807, 2.05) is 73.7 Å². The first kappa shape index (κ1) is 19.3. The van der Waals surface area contributed by atoms with E-state index in [4.69, 9.17) is 5.73 Å². The normalized spacial score (nSPS) is 11.9. The van der Waals surface area contributed by atoms with E-state index in [-0.39, 0.29) is 17.6 Å². The van der Waals surface area contributed by atoms with Crippen LogP contribution in [0.4, 0.5) is 0 Å². The van der Waals surface area contributed by atoms with Gasteiger partial charge >= 0.3 is 0 Å². The molecule has 2 amide bonds. The summed E-state index contributed by atoms with van der Waals surface area (Å²) in [5.74, 6) is -0.661. The molecule has 30 heavy (non-hydrogen) atoms. The maximum absolute atomic E-state index is 12.6. The lowest BCUT2D eigenvalue weighted by Gasteiger charge is -2.15. The van der Waals surface area contributed by atoms with Crippen LogP contribution in [0, 0.1) is 0 Å². The third-order valence-corrected chi connectivity index (χ3v) is 5.01. The van der Waals surface area contributed by atoms with Crippen molar-refractivity contribution in [2.45, 2.75) is 19.4 Å². The number of benzene rings is 3. The average Bonchev–Trinajstić information content (AvgIpc) is 3.25. The van der Waals surface area contributed by atoms with E-state index in [1.165, 1.54) is 10.9 Å². The lowest BCUT2D eigenvalue weighted by molar-refractivity contribution is -0.121. The number of amides is 2. The van der Waals surface area contributed by atoms with E-state index in [1.54, 1.807) is 0 Å². The minimum Gasteiger partial charge on any atom is -0.364 e. The molecule has 0 radical (unpaired) electrons. The molecule has 4 aromatic rings. The first-order chi connectivity index (χ1) is 14.5. The summed E-state index contributed by atoms with van der Waals surface area (Å²) in [7, 11) is 0. The van der Waals surface area contributed by atoms with Crippen LogP contribution in [0.1, 0.15) is 34.6 Å². The Balaban J connectivity index is 1.43. The number of fused-ring (bicyclic) bond motifs is 1. The highest BCUT2D eigenvalue weighted by atomic mass is 16.2. The SMILES string of the molecule is C[C@@H](NC(=O)Cc1cccc2ccccc12)c1ccc(-n2cc(C(N)=O)nn2)cc1. The standard InChI is InChI=1S/C23H21N5O2/c1-15(16-9-11-19(12-10-16)28-14-21(23(24)30)26-27-28)25-22(29)13-18-7-4-6-17-5-2-3-8-20(17)18/h2-12,14-15H,13H2,1H3,(H2,24,30)(H,25,29)/t15-/m1/s1. The van der Waals surface area contributed by atoms with Crippen LogP contribution < -0.4 is 11.1 Å². The molecule has 0 spiro atoms. The van der Waals surface area contributed by atoms with Gasteiger partial charge in [-0.05, 0) is 41.0 Å². The van der Waals surface area contributed by atoms with Crippen LogP contribution >= 0.6 is 0 Å². The maximum atomic E-state index is 12.6. The Hall–Kier alpha value is -4.00. The topological polar surface area (TPSA) is 103 Å². The summed E-state index contributed by atoms with van der Waals surface area (Å²) >= 11 is 0. The second-order valence-electron chi connectivity index (χ2n) is 7.11. The summed E-state index contributed by atoms with van der Waals surface area (Å²) in [5, 5.41) is 12.9. The Morgan fingerprint density at radius 3 is 2.50 bits per heavy atom. The summed E-state index contributed by atoms with van der Waals surface area (Å²) in [6, 6.07) is 21.4. The zero-order chi connectivity index (χ0) is 21.1. The summed E-state index contributed by atoms with van der Waals surface area (Å²) in [4.78, 5) is 23.8. The van der Waals surface area contributed by atoms with Crippen LogP contribution in [0.15, 0.2) is 72.9 Å². The van der Waals surface area contributed by atoms with Crippen LogP contribution in [0.5, 0.6) is 0 Å². The Labute approximate surface area is 173 Å². The zero-order valence-corrected chi connectivity index (χ0v) is 16.4. The van der Waals surface area contributed by atoms with Gasteiger partial charge in [-0.2, -0.15) is 0 Å². The van der Waals surface area contributed by atoms with Gasteiger partial charge in [-0.3, -0.25) is 9.59 Å². The predicted octanol–water partition coefficient (Wildman–Crippen LogP) is 2.94. The van der Waals surface area contributed by atoms with Gasteiger partial charge in [0.15, 0.2) is 5.69 Å². The molecule has 0 aliphatic heterocycles. The number of nitrogens with two attached hydrogens (primary N) is 1. The highest BCUT2D eigenvalue weighted by molar-refractivity contribution is 5.91. The molecule has 0 aliphatic rings. The number of primary amides is 1. The molecular formula is C23H21N5O2. The fourth-order valence-electron chi connectivity index (χ4n) is 3.41. The number of rotatable bonds is 6. The molecule has 0 bridgehead atoms. The maximum Gasteiger partial charge on any atom is 0.270 e. The van der Waals surface area contributed by atoms with Crippen molar-refractivity contribution in [2.24, 2.45) is 5.73 Å². The van der Waals surface area contributed by atoms with E-state index in [0.29, 0.717) is 6.42 Å². The largest absolute Gasteiger partial charge is 0.364 e. The first-order valence-electron chi connectivity index (χ1n) is 9.60. The minimum absolute atomic E-state index is 0.0368. The molecule has 7 nitrogen and oxygen atoms in total. The number of hydrogen-bond donors (Lipinski definition) is 2. The van der Waals surface area contributed by atoms with Gasteiger partial charge in [0.25, 0.3) is 5.91 Å². The monoisotopic (exact) mass is 399 g/mol. The summed E-state index contributed by atoms with van der Waals surface area (Å²) in [6.45, 7) is 1.94. The fraction of sp³-hybridized carbons (Fsp3) is 0.130.